The molecule has 1 N–H and O–H groups in total. The van der Waals surface area contributed by atoms with Crippen LogP contribution >= 0.6 is 23.2 Å². The molecule has 0 radical (unpaired) electrons. The predicted molar refractivity (Wildman–Crippen MR) is 74.9 cm³/mol. The van der Waals surface area contributed by atoms with E-state index in [1.165, 1.54) is 6.26 Å². The number of carbonyl (C=O) groups excluding carboxylic acids is 1. The Hall–Kier alpha value is -1.45. The van der Waals surface area contributed by atoms with E-state index in [-0.39, 0.29) is 17.6 Å². The van der Waals surface area contributed by atoms with Crippen LogP contribution in [0.3, 0.4) is 0 Å². The van der Waals surface area contributed by atoms with Crippen LogP contribution in [-0.4, -0.2) is 10.2 Å². The largest absolute Gasteiger partial charge is 0.459 e. The van der Waals surface area contributed by atoms with Crippen LogP contribution in [0.15, 0.2) is 47.1 Å². The summed E-state index contributed by atoms with van der Waals surface area (Å²) in [5.74, 6) is 0.200. The minimum atomic E-state index is -0.626. The quantitative estimate of drug-likeness (QED) is 0.863. The van der Waals surface area contributed by atoms with Crippen molar-refractivity contribution in [2.24, 2.45) is 0 Å². The highest BCUT2D eigenvalue weighted by Crippen LogP contribution is 2.59. The second-order valence-corrected chi connectivity index (χ2v) is 6.11. The van der Waals surface area contributed by atoms with E-state index in [4.69, 9.17) is 27.6 Å². The first kappa shape index (κ1) is 12.6. The van der Waals surface area contributed by atoms with Crippen LogP contribution in [-0.2, 0) is 0 Å². The van der Waals surface area contributed by atoms with Crippen molar-refractivity contribution in [3.05, 3.63) is 54.0 Å². The summed E-state index contributed by atoms with van der Waals surface area (Å²) in [6.07, 6.45) is 2.24. The molecule has 1 saturated carbocycles. The van der Waals surface area contributed by atoms with Gasteiger partial charge in [0.05, 0.1) is 6.26 Å². The number of hydrogen-bond donors (Lipinski definition) is 1. The maximum atomic E-state index is 11.8. The molecule has 0 bridgehead atoms. The molecule has 0 aliphatic heterocycles. The molecule has 5 heteroatoms. The smallest absolute Gasteiger partial charge is 0.291 e. The second kappa shape index (κ2) is 4.58. The van der Waals surface area contributed by atoms with E-state index in [1.54, 1.807) is 12.1 Å². The minimum Gasteiger partial charge on any atom is -0.459 e. The lowest BCUT2D eigenvalue weighted by Gasteiger charge is -2.05. The molecule has 1 amide bonds. The highest BCUT2D eigenvalue weighted by atomic mass is 35.5. The first-order chi connectivity index (χ1) is 9.06. The third-order valence-corrected chi connectivity index (χ3v) is 3.98. The van der Waals surface area contributed by atoms with Gasteiger partial charge in [0.1, 0.15) is 4.33 Å². The highest BCUT2D eigenvalue weighted by molar-refractivity contribution is 6.51. The first-order valence-corrected chi connectivity index (χ1v) is 6.64. The first-order valence-electron chi connectivity index (χ1n) is 5.89. The third-order valence-electron chi connectivity index (χ3n) is 3.14. The lowest BCUT2D eigenvalue weighted by molar-refractivity contribution is 0.0996. The number of rotatable bonds is 3. The Morgan fingerprint density at radius 1 is 1.26 bits per heavy atom. The lowest BCUT2D eigenvalue weighted by atomic mass is 10.1. The normalized spacial score (nSPS) is 20.0. The molecule has 0 spiro atoms. The zero-order valence-corrected chi connectivity index (χ0v) is 11.4. The number of carbonyl (C=O) groups is 1. The Kier molecular flexibility index (Phi) is 3.03. The minimum absolute atomic E-state index is 0.186. The third kappa shape index (κ3) is 2.62. The van der Waals surface area contributed by atoms with E-state index < -0.39 is 4.33 Å². The van der Waals surface area contributed by atoms with Gasteiger partial charge in [-0.3, -0.25) is 4.79 Å². The summed E-state index contributed by atoms with van der Waals surface area (Å²) in [7, 11) is 0. The number of nitrogens with one attached hydrogen (secondary N) is 1. The van der Waals surface area contributed by atoms with Gasteiger partial charge in [-0.15, -0.1) is 23.2 Å². The van der Waals surface area contributed by atoms with E-state index in [0.29, 0.717) is 5.69 Å². The average molecular weight is 296 g/mol. The number of halogens is 2. The summed E-state index contributed by atoms with van der Waals surface area (Å²) in [4.78, 5) is 11.8. The molecule has 2 aromatic rings. The van der Waals surface area contributed by atoms with Crippen LogP contribution < -0.4 is 5.32 Å². The average Bonchev–Trinajstić information content (AvgIpc) is 2.83. The molecular weight excluding hydrogens is 285 g/mol. The Morgan fingerprint density at radius 2 is 1.95 bits per heavy atom. The molecule has 3 rings (SSSR count). The Balaban J connectivity index is 1.68. The van der Waals surface area contributed by atoms with Gasteiger partial charge < -0.3 is 9.73 Å². The predicted octanol–water partition coefficient (Wildman–Crippen LogP) is 4.19. The van der Waals surface area contributed by atoms with E-state index >= 15 is 0 Å². The summed E-state index contributed by atoms with van der Waals surface area (Å²) in [5.41, 5.74) is 1.79. The van der Waals surface area contributed by atoms with Crippen LogP contribution in [0.5, 0.6) is 0 Å². The van der Waals surface area contributed by atoms with Gasteiger partial charge in [-0.25, -0.2) is 0 Å². The Bertz CT molecular complexity index is 590. The maximum absolute atomic E-state index is 11.8. The second-order valence-electron chi connectivity index (χ2n) is 4.57. The van der Waals surface area contributed by atoms with Gasteiger partial charge in [-0.2, -0.15) is 0 Å². The van der Waals surface area contributed by atoms with Crippen molar-refractivity contribution in [2.75, 3.05) is 5.32 Å². The standard InChI is InChI=1S/C14H11Cl2NO2/c15-14(16)8-11(14)9-3-5-10(6-4-9)17-13(18)12-2-1-7-19-12/h1-7,11H,8H2,(H,17,18)/t11-/m0/s1. The number of furan rings is 1. The molecule has 1 aromatic carbocycles. The van der Waals surface area contributed by atoms with Gasteiger partial charge in [-0.1, -0.05) is 12.1 Å². The Morgan fingerprint density at radius 3 is 2.47 bits per heavy atom. The number of benzene rings is 1. The van der Waals surface area contributed by atoms with Crippen molar-refractivity contribution in [1.82, 2.24) is 0 Å². The van der Waals surface area contributed by atoms with Crippen molar-refractivity contribution in [2.45, 2.75) is 16.7 Å². The molecule has 19 heavy (non-hydrogen) atoms. The SMILES string of the molecule is O=C(Nc1ccc([C@@H]2CC2(Cl)Cl)cc1)c1ccco1. The van der Waals surface area contributed by atoms with Gasteiger partial charge in [-0.05, 0) is 36.2 Å². The Labute approximate surface area is 120 Å². The van der Waals surface area contributed by atoms with E-state index in [2.05, 4.69) is 5.32 Å². The fraction of sp³-hybridized carbons (Fsp3) is 0.214. The topological polar surface area (TPSA) is 42.2 Å². The molecule has 3 nitrogen and oxygen atoms in total. The van der Waals surface area contributed by atoms with Crippen LogP contribution in [0.4, 0.5) is 5.69 Å². The van der Waals surface area contributed by atoms with Crippen molar-refractivity contribution in [3.63, 3.8) is 0 Å². The van der Waals surface area contributed by atoms with Gasteiger partial charge in [0.15, 0.2) is 5.76 Å². The van der Waals surface area contributed by atoms with Crippen LogP contribution in [0.25, 0.3) is 0 Å². The molecule has 1 fully saturated rings. The zero-order chi connectivity index (χ0) is 13.5. The molecule has 1 aliphatic carbocycles. The molecule has 1 aromatic heterocycles. The van der Waals surface area contributed by atoms with Gasteiger partial charge in [0.25, 0.3) is 5.91 Å². The van der Waals surface area contributed by atoms with Crippen LogP contribution in [0, 0.1) is 0 Å². The number of amides is 1. The fourth-order valence-electron chi connectivity index (χ4n) is 1.97. The molecule has 1 aliphatic rings. The van der Waals surface area contributed by atoms with Crippen LogP contribution in [0.1, 0.15) is 28.5 Å². The van der Waals surface area contributed by atoms with Crippen molar-refractivity contribution in [3.8, 4) is 0 Å². The molecule has 1 atom stereocenters. The van der Waals surface area contributed by atoms with E-state index in [0.717, 1.165) is 12.0 Å². The van der Waals surface area contributed by atoms with Gasteiger partial charge in [0, 0.05) is 11.6 Å². The summed E-state index contributed by atoms with van der Waals surface area (Å²) in [6.45, 7) is 0. The molecular formula is C14H11Cl2NO2. The van der Waals surface area contributed by atoms with Gasteiger partial charge >= 0.3 is 0 Å². The zero-order valence-electron chi connectivity index (χ0n) is 9.90. The summed E-state index contributed by atoms with van der Waals surface area (Å²) in [5, 5.41) is 2.75. The number of hydrogen-bond acceptors (Lipinski definition) is 2. The van der Waals surface area contributed by atoms with Crippen molar-refractivity contribution in [1.29, 1.82) is 0 Å². The van der Waals surface area contributed by atoms with E-state index in [1.807, 2.05) is 24.3 Å². The number of anilines is 1. The van der Waals surface area contributed by atoms with Crippen molar-refractivity contribution >= 4 is 34.8 Å². The fourth-order valence-corrected chi connectivity index (χ4v) is 2.53. The molecule has 98 valence electrons. The monoisotopic (exact) mass is 295 g/mol. The molecule has 0 unspecified atom stereocenters. The molecule has 1 heterocycles. The van der Waals surface area contributed by atoms with Crippen LogP contribution in [0.2, 0.25) is 0 Å². The number of alkyl halides is 2. The summed E-state index contributed by atoms with van der Waals surface area (Å²) in [6, 6.07) is 10.8. The highest BCUT2D eigenvalue weighted by Gasteiger charge is 2.52. The lowest BCUT2D eigenvalue weighted by Crippen LogP contribution is -2.10. The van der Waals surface area contributed by atoms with E-state index in [9.17, 15) is 4.79 Å². The van der Waals surface area contributed by atoms with Crippen molar-refractivity contribution < 1.29 is 9.21 Å². The molecule has 0 saturated heterocycles. The maximum Gasteiger partial charge on any atom is 0.291 e. The van der Waals surface area contributed by atoms with Gasteiger partial charge in [0.2, 0.25) is 0 Å². The summed E-state index contributed by atoms with van der Waals surface area (Å²) >= 11 is 12.0. The summed E-state index contributed by atoms with van der Waals surface area (Å²) < 4.78 is 4.39.